The molecule has 0 aliphatic carbocycles. The van der Waals surface area contributed by atoms with Gasteiger partial charge in [0.1, 0.15) is 12.0 Å². The Labute approximate surface area is 146 Å². The molecule has 2 aromatic carbocycles. The van der Waals surface area contributed by atoms with Gasteiger partial charge < -0.3 is 10.1 Å². The van der Waals surface area contributed by atoms with E-state index in [0.29, 0.717) is 10.9 Å². The molecule has 0 atom stereocenters. The zero-order chi connectivity index (χ0) is 17.8. The minimum atomic E-state index is -0.625. The van der Waals surface area contributed by atoms with Crippen molar-refractivity contribution in [3.05, 3.63) is 63.9 Å². The molecule has 126 valence electrons. The highest BCUT2D eigenvalue weighted by atomic mass is 35.5. The van der Waals surface area contributed by atoms with Crippen LogP contribution < -0.4 is 10.1 Å². The fourth-order valence-corrected chi connectivity index (χ4v) is 2.34. The molecule has 1 aromatic heterocycles. The van der Waals surface area contributed by atoms with E-state index in [1.165, 1.54) is 18.5 Å². The molecule has 0 bridgehead atoms. The van der Waals surface area contributed by atoms with Crippen LogP contribution in [0.3, 0.4) is 0 Å². The minimum absolute atomic E-state index is 0.0375. The van der Waals surface area contributed by atoms with Gasteiger partial charge in [0.25, 0.3) is 11.6 Å². The Morgan fingerprint density at radius 2 is 2.04 bits per heavy atom. The molecule has 3 aromatic rings. The number of para-hydroxylation sites is 1. The number of amides is 1. The number of benzene rings is 2. The number of anilines is 1. The minimum Gasteiger partial charge on any atom is -0.467 e. The van der Waals surface area contributed by atoms with Gasteiger partial charge in [-0.15, -0.1) is 0 Å². The van der Waals surface area contributed by atoms with Gasteiger partial charge in [-0.3, -0.25) is 14.9 Å². The fourth-order valence-electron chi connectivity index (χ4n) is 2.18. The van der Waals surface area contributed by atoms with Crippen LogP contribution >= 0.6 is 11.6 Å². The van der Waals surface area contributed by atoms with E-state index in [-0.39, 0.29) is 28.9 Å². The van der Waals surface area contributed by atoms with Crippen LogP contribution in [0.15, 0.2) is 48.8 Å². The Hall–Kier alpha value is -3.26. The number of nitrogens with zero attached hydrogens (tertiary/aromatic N) is 3. The lowest BCUT2D eigenvalue weighted by molar-refractivity contribution is -0.383. The Bertz CT molecular complexity index is 959. The molecular formula is C16H11ClN4O4. The predicted molar refractivity (Wildman–Crippen MR) is 91.8 cm³/mol. The van der Waals surface area contributed by atoms with Crippen LogP contribution in [-0.2, 0) is 4.79 Å². The van der Waals surface area contributed by atoms with Crippen molar-refractivity contribution in [3.8, 4) is 5.88 Å². The van der Waals surface area contributed by atoms with E-state index >= 15 is 0 Å². The molecular weight excluding hydrogens is 348 g/mol. The average molecular weight is 359 g/mol. The van der Waals surface area contributed by atoms with Crippen LogP contribution in [-0.4, -0.2) is 27.4 Å². The Morgan fingerprint density at radius 1 is 1.24 bits per heavy atom. The number of nitro groups is 1. The molecule has 0 radical (unpaired) electrons. The summed E-state index contributed by atoms with van der Waals surface area (Å²) >= 11 is 5.74. The highest BCUT2D eigenvalue weighted by Gasteiger charge is 2.17. The van der Waals surface area contributed by atoms with Gasteiger partial charge >= 0.3 is 0 Å². The van der Waals surface area contributed by atoms with Crippen LogP contribution in [0.2, 0.25) is 5.02 Å². The van der Waals surface area contributed by atoms with Gasteiger partial charge in [0.05, 0.1) is 15.8 Å². The monoisotopic (exact) mass is 358 g/mol. The zero-order valence-corrected chi connectivity index (χ0v) is 13.4. The van der Waals surface area contributed by atoms with Gasteiger partial charge in [-0.25, -0.2) is 9.97 Å². The molecule has 0 saturated heterocycles. The van der Waals surface area contributed by atoms with Crippen molar-refractivity contribution < 1.29 is 14.5 Å². The first-order valence-corrected chi connectivity index (χ1v) is 7.49. The zero-order valence-electron chi connectivity index (χ0n) is 12.7. The number of fused-ring (bicyclic) bond motifs is 1. The highest BCUT2D eigenvalue weighted by Crippen LogP contribution is 2.27. The molecule has 0 unspecified atom stereocenters. The lowest BCUT2D eigenvalue weighted by Crippen LogP contribution is -2.21. The van der Waals surface area contributed by atoms with Gasteiger partial charge in [0.2, 0.25) is 5.88 Å². The summed E-state index contributed by atoms with van der Waals surface area (Å²) in [5, 5.41) is 14.3. The highest BCUT2D eigenvalue weighted by molar-refractivity contribution is 6.31. The quantitative estimate of drug-likeness (QED) is 0.554. The lowest BCUT2D eigenvalue weighted by atomic mass is 10.2. The van der Waals surface area contributed by atoms with Crippen molar-refractivity contribution in [2.75, 3.05) is 11.9 Å². The number of rotatable bonds is 5. The van der Waals surface area contributed by atoms with E-state index in [1.807, 2.05) is 6.07 Å². The Morgan fingerprint density at radius 3 is 2.84 bits per heavy atom. The number of ether oxygens (including phenoxy) is 1. The topological polar surface area (TPSA) is 107 Å². The summed E-state index contributed by atoms with van der Waals surface area (Å²) in [6, 6.07) is 11.2. The third kappa shape index (κ3) is 3.81. The van der Waals surface area contributed by atoms with Gasteiger partial charge in [-0.05, 0) is 24.3 Å². The van der Waals surface area contributed by atoms with Crippen molar-refractivity contribution in [1.29, 1.82) is 0 Å². The number of aromatic nitrogens is 2. The molecule has 0 fully saturated rings. The first-order chi connectivity index (χ1) is 12.0. The van der Waals surface area contributed by atoms with Crippen molar-refractivity contribution in [1.82, 2.24) is 9.97 Å². The summed E-state index contributed by atoms with van der Waals surface area (Å²) in [6.45, 7) is -0.360. The second-order valence-electron chi connectivity index (χ2n) is 4.95. The number of carbonyl (C=O) groups is 1. The molecule has 1 amide bonds. The second kappa shape index (κ2) is 7.10. The van der Waals surface area contributed by atoms with Crippen LogP contribution in [0.1, 0.15) is 0 Å². The summed E-state index contributed by atoms with van der Waals surface area (Å²) in [4.78, 5) is 30.6. The number of nitro benzene ring substituents is 1. The third-order valence-corrected chi connectivity index (χ3v) is 3.51. The summed E-state index contributed by atoms with van der Waals surface area (Å²) in [5.41, 5.74) is 0.421. The van der Waals surface area contributed by atoms with E-state index in [9.17, 15) is 14.9 Å². The second-order valence-corrected chi connectivity index (χ2v) is 5.39. The molecule has 0 spiro atoms. The van der Waals surface area contributed by atoms with Gasteiger partial charge in [-0.1, -0.05) is 23.7 Å². The molecule has 0 aliphatic rings. The number of hydrogen-bond acceptors (Lipinski definition) is 6. The van der Waals surface area contributed by atoms with Crippen molar-refractivity contribution in [2.24, 2.45) is 0 Å². The number of carbonyl (C=O) groups excluding carboxylic acids is 1. The molecule has 9 heteroatoms. The van der Waals surface area contributed by atoms with Crippen molar-refractivity contribution in [3.63, 3.8) is 0 Å². The molecule has 25 heavy (non-hydrogen) atoms. The van der Waals surface area contributed by atoms with Crippen LogP contribution in [0.5, 0.6) is 5.88 Å². The van der Waals surface area contributed by atoms with Crippen LogP contribution in [0.4, 0.5) is 11.4 Å². The van der Waals surface area contributed by atoms with E-state index in [2.05, 4.69) is 15.3 Å². The third-order valence-electron chi connectivity index (χ3n) is 3.28. The lowest BCUT2D eigenvalue weighted by Gasteiger charge is -2.09. The average Bonchev–Trinajstić information content (AvgIpc) is 2.61. The summed E-state index contributed by atoms with van der Waals surface area (Å²) in [7, 11) is 0. The molecule has 1 N–H and O–H groups in total. The molecule has 1 heterocycles. The van der Waals surface area contributed by atoms with E-state index < -0.39 is 10.8 Å². The summed E-state index contributed by atoms with van der Waals surface area (Å²) in [5.74, 6) is -0.306. The summed E-state index contributed by atoms with van der Waals surface area (Å²) in [6.07, 6.45) is 1.33. The first-order valence-electron chi connectivity index (χ1n) is 7.11. The van der Waals surface area contributed by atoms with E-state index in [1.54, 1.807) is 18.2 Å². The smallest absolute Gasteiger partial charge is 0.294 e. The molecule has 3 rings (SSSR count). The standard InChI is InChI=1S/C16H11ClN4O4/c17-10-5-6-13(14(7-10)21(23)24)20-15(22)8-25-16-11-3-1-2-4-12(11)18-9-19-16/h1-7,9H,8H2,(H,20,22). The normalized spacial score (nSPS) is 10.4. The Kier molecular flexibility index (Phi) is 4.71. The van der Waals surface area contributed by atoms with Crippen LogP contribution in [0, 0.1) is 10.1 Å². The SMILES string of the molecule is O=C(COc1ncnc2ccccc12)Nc1ccc(Cl)cc1[N+](=O)[O-]. The van der Waals surface area contributed by atoms with Gasteiger partial charge in [0.15, 0.2) is 6.61 Å². The maximum absolute atomic E-state index is 12.0. The number of hydrogen-bond donors (Lipinski definition) is 1. The van der Waals surface area contributed by atoms with Crippen LogP contribution in [0.25, 0.3) is 10.9 Å². The fraction of sp³-hybridized carbons (Fsp3) is 0.0625. The predicted octanol–water partition coefficient (Wildman–Crippen LogP) is 3.21. The maximum atomic E-state index is 12.0. The van der Waals surface area contributed by atoms with Gasteiger partial charge in [0, 0.05) is 11.1 Å². The Balaban J connectivity index is 1.72. The van der Waals surface area contributed by atoms with Crippen molar-refractivity contribution in [2.45, 2.75) is 0 Å². The van der Waals surface area contributed by atoms with Crippen molar-refractivity contribution >= 4 is 39.8 Å². The summed E-state index contributed by atoms with van der Waals surface area (Å²) < 4.78 is 5.42. The molecule has 0 saturated carbocycles. The van der Waals surface area contributed by atoms with E-state index in [0.717, 1.165) is 6.07 Å². The first kappa shape index (κ1) is 16.6. The number of nitrogens with one attached hydrogen (secondary N) is 1. The largest absolute Gasteiger partial charge is 0.467 e. The van der Waals surface area contributed by atoms with Gasteiger partial charge in [-0.2, -0.15) is 0 Å². The van der Waals surface area contributed by atoms with E-state index in [4.69, 9.17) is 16.3 Å². The number of halogens is 1. The molecule has 8 nitrogen and oxygen atoms in total. The maximum Gasteiger partial charge on any atom is 0.294 e. The molecule has 0 aliphatic heterocycles.